The Hall–Kier alpha value is -3.61. The first kappa shape index (κ1) is 20.7. The van der Waals surface area contributed by atoms with Crippen LogP contribution in [0.15, 0.2) is 28.7 Å². The number of furan rings is 1. The molecule has 0 spiro atoms. The maximum atomic E-state index is 13.2. The fourth-order valence-electron chi connectivity index (χ4n) is 3.89. The third kappa shape index (κ3) is 2.91. The molecule has 0 saturated carbocycles. The number of carbonyl (C=O) groups excluding carboxylic acids is 3. The summed E-state index contributed by atoms with van der Waals surface area (Å²) in [6.45, 7) is 8.72. The molecule has 0 bridgehead atoms. The Morgan fingerprint density at radius 3 is 1.97 bits per heavy atom. The summed E-state index contributed by atoms with van der Waals surface area (Å²) in [6, 6.07) is 6.16. The van der Waals surface area contributed by atoms with E-state index in [0.29, 0.717) is 0 Å². The van der Waals surface area contributed by atoms with Crippen LogP contribution in [0.4, 0.5) is 0 Å². The molecule has 160 valence electrons. The van der Waals surface area contributed by atoms with Crippen molar-refractivity contribution in [2.45, 2.75) is 46.1 Å². The first-order valence-corrected chi connectivity index (χ1v) is 9.89. The normalized spacial score (nSPS) is 13.5. The Kier molecular flexibility index (Phi) is 4.46. The van der Waals surface area contributed by atoms with Gasteiger partial charge in [0.25, 0.3) is 0 Å². The molecule has 1 heterocycles. The van der Waals surface area contributed by atoms with Gasteiger partial charge < -0.3 is 19.4 Å². The van der Waals surface area contributed by atoms with Crippen LogP contribution in [0.2, 0.25) is 0 Å². The monoisotopic (exact) mass is 422 g/mol. The number of hydrogen-bond donors (Lipinski definition) is 2. The highest BCUT2D eigenvalue weighted by molar-refractivity contribution is 6.32. The molecule has 7 nitrogen and oxygen atoms in total. The van der Waals surface area contributed by atoms with Crippen LogP contribution < -0.4 is 0 Å². The van der Waals surface area contributed by atoms with Gasteiger partial charge in [0.15, 0.2) is 22.9 Å². The lowest BCUT2D eigenvalue weighted by molar-refractivity contribution is 0.0374. The predicted octanol–water partition coefficient (Wildman–Crippen LogP) is 4.48. The number of fused-ring (bicyclic) bond motifs is 3. The molecule has 0 saturated heterocycles. The number of ketones is 2. The Morgan fingerprint density at radius 1 is 0.968 bits per heavy atom. The molecule has 0 unspecified atom stereocenters. The van der Waals surface area contributed by atoms with Crippen LogP contribution in [0.1, 0.15) is 82.6 Å². The summed E-state index contributed by atoms with van der Waals surface area (Å²) in [6.07, 6.45) is -0.450. The van der Waals surface area contributed by atoms with Gasteiger partial charge in [0.1, 0.15) is 17.1 Å². The molecule has 0 radical (unpaired) electrons. The van der Waals surface area contributed by atoms with Crippen molar-refractivity contribution in [3.8, 4) is 11.5 Å². The molecule has 1 aromatic heterocycles. The molecule has 0 amide bonds. The Labute approximate surface area is 178 Å². The third-order valence-corrected chi connectivity index (χ3v) is 5.18. The van der Waals surface area contributed by atoms with E-state index in [4.69, 9.17) is 9.15 Å². The molecular formula is C24H22O7. The highest BCUT2D eigenvalue weighted by Gasteiger charge is 2.41. The smallest absolute Gasteiger partial charge is 0.342 e. The van der Waals surface area contributed by atoms with Crippen LogP contribution in [-0.4, -0.2) is 33.9 Å². The van der Waals surface area contributed by atoms with E-state index >= 15 is 0 Å². The number of phenolic OH excluding ortho intramolecular Hbond substituents is 2. The molecule has 3 aromatic rings. The van der Waals surface area contributed by atoms with E-state index in [1.54, 1.807) is 46.8 Å². The minimum atomic E-state index is -0.761. The van der Waals surface area contributed by atoms with Crippen molar-refractivity contribution >= 4 is 28.5 Å². The van der Waals surface area contributed by atoms with Crippen molar-refractivity contribution in [3.05, 3.63) is 57.8 Å². The zero-order valence-corrected chi connectivity index (χ0v) is 17.8. The standard InChI is InChI=1S/C24H22O7/c1-10(2)30-23(29)16-15-19(27)13-14(20(28)21(15)31-22(16)24(3,4)5)18(26)12-9-7-6-8-11(12)17(13)25/h6-10,27-28H,1-5H3. The number of esters is 1. The summed E-state index contributed by atoms with van der Waals surface area (Å²) in [5.41, 5.74) is -1.49. The number of phenols is 2. The maximum absolute atomic E-state index is 13.2. The number of carbonyl (C=O) groups is 3. The minimum Gasteiger partial charge on any atom is -0.506 e. The molecule has 0 aliphatic heterocycles. The summed E-state index contributed by atoms with van der Waals surface area (Å²) in [4.78, 5) is 39.2. The second-order valence-electron chi connectivity index (χ2n) is 8.87. The molecule has 31 heavy (non-hydrogen) atoms. The minimum absolute atomic E-state index is 0.0779. The molecule has 7 heteroatoms. The molecular weight excluding hydrogens is 400 g/mol. The fraction of sp³-hybridized carbons (Fsp3) is 0.292. The zero-order valence-electron chi connectivity index (χ0n) is 17.8. The topological polar surface area (TPSA) is 114 Å². The number of aromatic hydroxyl groups is 2. The highest BCUT2D eigenvalue weighted by Crippen LogP contribution is 2.49. The van der Waals surface area contributed by atoms with E-state index in [1.165, 1.54) is 12.1 Å². The average molecular weight is 422 g/mol. The Bertz CT molecular complexity index is 1290. The highest BCUT2D eigenvalue weighted by atomic mass is 16.5. The lowest BCUT2D eigenvalue weighted by Gasteiger charge is -2.20. The Balaban J connectivity index is 2.14. The van der Waals surface area contributed by atoms with Gasteiger partial charge in [-0.15, -0.1) is 0 Å². The van der Waals surface area contributed by atoms with Gasteiger partial charge in [0.05, 0.1) is 22.6 Å². The van der Waals surface area contributed by atoms with E-state index in [9.17, 15) is 24.6 Å². The van der Waals surface area contributed by atoms with Gasteiger partial charge in [-0.25, -0.2) is 4.79 Å². The summed E-state index contributed by atoms with van der Waals surface area (Å²) < 4.78 is 11.2. The van der Waals surface area contributed by atoms with Gasteiger partial charge in [0.2, 0.25) is 0 Å². The van der Waals surface area contributed by atoms with Gasteiger partial charge in [-0.1, -0.05) is 45.0 Å². The van der Waals surface area contributed by atoms with Crippen LogP contribution in [0.3, 0.4) is 0 Å². The number of rotatable bonds is 2. The molecule has 4 rings (SSSR count). The van der Waals surface area contributed by atoms with Crippen molar-refractivity contribution < 1.29 is 33.8 Å². The summed E-state index contributed by atoms with van der Waals surface area (Å²) in [5.74, 6) is -3.02. The van der Waals surface area contributed by atoms with Crippen LogP contribution in [-0.2, 0) is 10.2 Å². The SMILES string of the molecule is CC(C)OC(=O)c1c(C(C)(C)C)oc2c(O)c3c(c(O)c12)C(=O)c1ccccc1C3=O. The van der Waals surface area contributed by atoms with Gasteiger partial charge in [0, 0.05) is 16.5 Å². The quantitative estimate of drug-likeness (QED) is 0.361. The second kappa shape index (κ2) is 6.70. The molecule has 1 aliphatic rings. The van der Waals surface area contributed by atoms with E-state index in [0.717, 1.165) is 0 Å². The van der Waals surface area contributed by atoms with E-state index < -0.39 is 40.6 Å². The maximum Gasteiger partial charge on any atom is 0.342 e. The number of benzene rings is 2. The van der Waals surface area contributed by atoms with Gasteiger partial charge in [-0.2, -0.15) is 0 Å². The molecule has 2 N–H and O–H groups in total. The number of ether oxygens (including phenoxy) is 1. The molecule has 0 fully saturated rings. The van der Waals surface area contributed by atoms with Crippen molar-refractivity contribution in [3.63, 3.8) is 0 Å². The summed E-state index contributed by atoms with van der Waals surface area (Å²) in [5, 5.41) is 21.9. The number of hydrogen-bond acceptors (Lipinski definition) is 7. The van der Waals surface area contributed by atoms with Crippen LogP contribution >= 0.6 is 0 Å². The lowest BCUT2D eigenvalue weighted by atomic mass is 9.81. The van der Waals surface area contributed by atoms with Gasteiger partial charge in [-0.3, -0.25) is 9.59 Å². The van der Waals surface area contributed by atoms with Crippen molar-refractivity contribution in [2.75, 3.05) is 0 Å². The largest absolute Gasteiger partial charge is 0.506 e. The van der Waals surface area contributed by atoms with Crippen molar-refractivity contribution in [1.29, 1.82) is 0 Å². The van der Waals surface area contributed by atoms with Crippen LogP contribution in [0.5, 0.6) is 11.5 Å². The fourth-order valence-corrected chi connectivity index (χ4v) is 3.89. The van der Waals surface area contributed by atoms with Gasteiger partial charge in [-0.05, 0) is 13.8 Å². The average Bonchev–Trinajstić information content (AvgIpc) is 3.10. The summed E-state index contributed by atoms with van der Waals surface area (Å²) in [7, 11) is 0. The van der Waals surface area contributed by atoms with Crippen LogP contribution in [0, 0.1) is 0 Å². The third-order valence-electron chi connectivity index (χ3n) is 5.18. The van der Waals surface area contributed by atoms with Crippen molar-refractivity contribution in [2.24, 2.45) is 0 Å². The first-order chi connectivity index (χ1) is 14.4. The second-order valence-corrected chi connectivity index (χ2v) is 8.87. The van der Waals surface area contributed by atoms with Crippen molar-refractivity contribution in [1.82, 2.24) is 0 Å². The summed E-state index contributed by atoms with van der Waals surface area (Å²) >= 11 is 0. The molecule has 1 aliphatic carbocycles. The molecule has 2 aromatic carbocycles. The molecule has 0 atom stereocenters. The zero-order chi connectivity index (χ0) is 22.8. The lowest BCUT2D eigenvalue weighted by Crippen LogP contribution is -2.21. The van der Waals surface area contributed by atoms with Crippen LogP contribution in [0.25, 0.3) is 11.0 Å². The van der Waals surface area contributed by atoms with E-state index in [-0.39, 0.29) is 44.5 Å². The Morgan fingerprint density at radius 2 is 1.48 bits per heavy atom. The van der Waals surface area contributed by atoms with Gasteiger partial charge >= 0.3 is 5.97 Å². The van der Waals surface area contributed by atoms with E-state index in [2.05, 4.69) is 0 Å². The van der Waals surface area contributed by atoms with E-state index in [1.807, 2.05) is 0 Å². The predicted molar refractivity (Wildman–Crippen MR) is 112 cm³/mol. The first-order valence-electron chi connectivity index (χ1n) is 9.89.